The number of hydrogen-bond acceptors (Lipinski definition) is 1. The van der Waals surface area contributed by atoms with Crippen LogP contribution >= 0.6 is 0 Å². The molecule has 0 aliphatic heterocycles. The van der Waals surface area contributed by atoms with E-state index in [0.717, 1.165) is 29.7 Å². The third kappa shape index (κ3) is 1.95. The highest BCUT2D eigenvalue weighted by Gasteiger charge is 2.47. The predicted molar refractivity (Wildman–Crippen MR) is 68.3 cm³/mol. The summed E-state index contributed by atoms with van der Waals surface area (Å²) >= 11 is 0. The maximum atomic E-state index is 3.85. The van der Waals surface area contributed by atoms with Crippen LogP contribution in [0.25, 0.3) is 0 Å². The third-order valence-electron chi connectivity index (χ3n) is 5.15. The van der Waals surface area contributed by atoms with Crippen molar-refractivity contribution < 1.29 is 0 Å². The van der Waals surface area contributed by atoms with Crippen LogP contribution in [0.15, 0.2) is 12.2 Å². The first-order valence-corrected chi connectivity index (χ1v) is 7.21. The third-order valence-corrected chi connectivity index (χ3v) is 5.15. The van der Waals surface area contributed by atoms with Crippen molar-refractivity contribution in [1.29, 1.82) is 0 Å². The van der Waals surface area contributed by atoms with E-state index in [1.165, 1.54) is 38.6 Å². The summed E-state index contributed by atoms with van der Waals surface area (Å²) < 4.78 is 0. The Morgan fingerprint density at radius 2 is 1.62 bits per heavy atom. The van der Waals surface area contributed by atoms with E-state index in [9.17, 15) is 0 Å². The minimum atomic E-state index is 0.873. The highest BCUT2D eigenvalue weighted by atomic mass is 14.9. The molecule has 0 spiro atoms. The zero-order chi connectivity index (χ0) is 11.0. The molecular formula is C15H25N. The number of rotatable bonds is 4. The summed E-state index contributed by atoms with van der Waals surface area (Å²) in [6, 6.07) is 0.873. The van der Waals surface area contributed by atoms with Crippen LogP contribution in [0.1, 0.15) is 45.4 Å². The molecule has 0 radical (unpaired) electrons. The van der Waals surface area contributed by atoms with Gasteiger partial charge in [-0.05, 0) is 75.7 Å². The van der Waals surface area contributed by atoms with Crippen LogP contribution < -0.4 is 5.32 Å². The second-order valence-electron chi connectivity index (χ2n) is 6.27. The van der Waals surface area contributed by atoms with E-state index in [-0.39, 0.29) is 0 Å². The van der Waals surface area contributed by atoms with E-state index in [0.29, 0.717) is 0 Å². The molecule has 4 aliphatic carbocycles. The Kier molecular flexibility index (Phi) is 3.06. The van der Waals surface area contributed by atoms with E-state index < -0.39 is 0 Å². The molecule has 0 saturated heterocycles. The van der Waals surface area contributed by atoms with Gasteiger partial charge in [0, 0.05) is 6.04 Å². The molecular weight excluding hydrogens is 194 g/mol. The molecule has 90 valence electrons. The Morgan fingerprint density at radius 3 is 2.19 bits per heavy atom. The molecule has 0 aromatic rings. The van der Waals surface area contributed by atoms with Gasteiger partial charge in [-0.2, -0.15) is 0 Å². The summed E-state index contributed by atoms with van der Waals surface area (Å²) in [4.78, 5) is 0. The quantitative estimate of drug-likeness (QED) is 0.564. The van der Waals surface area contributed by atoms with Crippen LogP contribution in [0.5, 0.6) is 0 Å². The molecule has 4 fully saturated rings. The van der Waals surface area contributed by atoms with E-state index in [1.807, 2.05) is 0 Å². The lowest BCUT2D eigenvalue weighted by atomic mass is 9.54. The van der Waals surface area contributed by atoms with Crippen molar-refractivity contribution in [3.63, 3.8) is 0 Å². The summed E-state index contributed by atoms with van der Waals surface area (Å²) in [5.41, 5.74) is 0. The molecule has 0 aromatic heterocycles. The SMILES string of the molecule is C/C=C/CCNC1C2CC3CC(C2)CC1C3. The highest BCUT2D eigenvalue weighted by molar-refractivity contribution is 5.01. The summed E-state index contributed by atoms with van der Waals surface area (Å²) in [6.45, 7) is 3.31. The summed E-state index contributed by atoms with van der Waals surface area (Å²) in [7, 11) is 0. The molecule has 0 amide bonds. The monoisotopic (exact) mass is 219 g/mol. The molecule has 0 atom stereocenters. The minimum Gasteiger partial charge on any atom is -0.313 e. The standard InChI is InChI=1S/C15H25N/c1-2-3-4-5-16-15-13-7-11-6-12(9-13)10-14(15)8-11/h2-3,11-16H,4-10H2,1H3/b3-2+. The van der Waals surface area contributed by atoms with E-state index in [4.69, 9.17) is 0 Å². The van der Waals surface area contributed by atoms with Gasteiger partial charge in [-0.1, -0.05) is 12.2 Å². The van der Waals surface area contributed by atoms with Gasteiger partial charge in [0.05, 0.1) is 0 Å². The van der Waals surface area contributed by atoms with Gasteiger partial charge in [-0.15, -0.1) is 0 Å². The van der Waals surface area contributed by atoms with Gasteiger partial charge < -0.3 is 5.32 Å². The molecule has 0 heterocycles. The highest BCUT2D eigenvalue weighted by Crippen LogP contribution is 2.53. The second-order valence-corrected chi connectivity index (χ2v) is 6.27. The zero-order valence-electron chi connectivity index (χ0n) is 10.5. The van der Waals surface area contributed by atoms with Crippen molar-refractivity contribution in [2.45, 2.75) is 51.5 Å². The number of nitrogens with one attached hydrogen (secondary N) is 1. The molecule has 1 heteroatoms. The molecule has 4 saturated carbocycles. The fraction of sp³-hybridized carbons (Fsp3) is 0.867. The van der Waals surface area contributed by atoms with Gasteiger partial charge in [-0.25, -0.2) is 0 Å². The Hall–Kier alpha value is -0.300. The molecule has 1 nitrogen and oxygen atoms in total. The van der Waals surface area contributed by atoms with Crippen LogP contribution in [-0.2, 0) is 0 Å². The van der Waals surface area contributed by atoms with Crippen molar-refractivity contribution in [3.8, 4) is 0 Å². The van der Waals surface area contributed by atoms with Crippen LogP contribution in [0.4, 0.5) is 0 Å². The van der Waals surface area contributed by atoms with Crippen molar-refractivity contribution in [3.05, 3.63) is 12.2 Å². The first-order valence-electron chi connectivity index (χ1n) is 7.21. The molecule has 4 rings (SSSR count). The Labute approximate surface area is 99.7 Å². The van der Waals surface area contributed by atoms with Crippen LogP contribution in [-0.4, -0.2) is 12.6 Å². The number of allylic oxidation sites excluding steroid dienone is 1. The molecule has 0 aromatic carbocycles. The Bertz CT molecular complexity index is 241. The molecule has 4 bridgehead atoms. The minimum absolute atomic E-state index is 0.873. The average molecular weight is 219 g/mol. The normalized spacial score (nSPS) is 45.7. The fourth-order valence-corrected chi connectivity index (χ4v) is 4.76. The maximum Gasteiger partial charge on any atom is 0.0124 e. The van der Waals surface area contributed by atoms with Gasteiger partial charge in [0.25, 0.3) is 0 Å². The summed E-state index contributed by atoms with van der Waals surface area (Å²) in [6.07, 6.45) is 13.4. The van der Waals surface area contributed by atoms with Crippen LogP contribution in [0.3, 0.4) is 0 Å². The molecule has 16 heavy (non-hydrogen) atoms. The first kappa shape index (κ1) is 10.8. The van der Waals surface area contributed by atoms with Crippen molar-refractivity contribution in [1.82, 2.24) is 5.32 Å². The topological polar surface area (TPSA) is 12.0 Å². The predicted octanol–water partition coefficient (Wildman–Crippen LogP) is 3.37. The maximum absolute atomic E-state index is 3.85. The average Bonchev–Trinajstić information content (AvgIpc) is 2.26. The summed E-state index contributed by atoms with van der Waals surface area (Å²) in [5, 5.41) is 3.85. The van der Waals surface area contributed by atoms with E-state index >= 15 is 0 Å². The lowest BCUT2D eigenvalue weighted by molar-refractivity contribution is -0.0133. The fourth-order valence-electron chi connectivity index (χ4n) is 4.76. The largest absolute Gasteiger partial charge is 0.313 e. The van der Waals surface area contributed by atoms with Gasteiger partial charge in [-0.3, -0.25) is 0 Å². The lowest BCUT2D eigenvalue weighted by Gasteiger charge is -2.54. The Balaban J connectivity index is 1.55. The van der Waals surface area contributed by atoms with Crippen molar-refractivity contribution in [2.24, 2.45) is 23.7 Å². The van der Waals surface area contributed by atoms with Gasteiger partial charge in [0.15, 0.2) is 0 Å². The zero-order valence-corrected chi connectivity index (χ0v) is 10.5. The van der Waals surface area contributed by atoms with Crippen LogP contribution in [0.2, 0.25) is 0 Å². The van der Waals surface area contributed by atoms with Gasteiger partial charge in [0.1, 0.15) is 0 Å². The first-order chi connectivity index (χ1) is 7.86. The summed E-state index contributed by atoms with van der Waals surface area (Å²) in [5.74, 6) is 4.27. The Morgan fingerprint density at radius 1 is 1.00 bits per heavy atom. The van der Waals surface area contributed by atoms with Crippen LogP contribution in [0, 0.1) is 23.7 Å². The molecule has 1 N–H and O–H groups in total. The van der Waals surface area contributed by atoms with E-state index in [1.54, 1.807) is 6.42 Å². The second kappa shape index (κ2) is 4.52. The lowest BCUT2D eigenvalue weighted by Crippen LogP contribution is -2.54. The van der Waals surface area contributed by atoms with E-state index in [2.05, 4.69) is 24.4 Å². The smallest absolute Gasteiger partial charge is 0.0124 e. The van der Waals surface area contributed by atoms with Gasteiger partial charge >= 0.3 is 0 Å². The van der Waals surface area contributed by atoms with Crippen molar-refractivity contribution in [2.75, 3.05) is 6.54 Å². The van der Waals surface area contributed by atoms with Gasteiger partial charge in [0.2, 0.25) is 0 Å². The van der Waals surface area contributed by atoms with Crippen molar-refractivity contribution >= 4 is 0 Å². The number of hydrogen-bond donors (Lipinski definition) is 1. The molecule has 4 aliphatic rings. The molecule has 0 unspecified atom stereocenters.